The number of nitrogens with one attached hydrogen (secondary N) is 2. The van der Waals surface area contributed by atoms with E-state index >= 15 is 0 Å². The molecule has 39 heavy (non-hydrogen) atoms. The van der Waals surface area contributed by atoms with Gasteiger partial charge < -0.3 is 24.5 Å². The number of H-pyrrole nitrogens is 1. The normalized spacial score (nSPS) is 21.1. The molecule has 2 aromatic heterocycles. The van der Waals surface area contributed by atoms with Crippen molar-refractivity contribution in [3.63, 3.8) is 0 Å². The van der Waals surface area contributed by atoms with E-state index < -0.39 is 11.7 Å². The Labute approximate surface area is 224 Å². The zero-order valence-electron chi connectivity index (χ0n) is 22.1. The molecule has 2 fully saturated rings. The van der Waals surface area contributed by atoms with Crippen molar-refractivity contribution in [2.24, 2.45) is 0 Å². The van der Waals surface area contributed by atoms with Gasteiger partial charge in [-0.25, -0.2) is 4.98 Å². The molecule has 210 valence electrons. The summed E-state index contributed by atoms with van der Waals surface area (Å²) in [5.74, 6) is 0.686. The number of imidazole rings is 1. The van der Waals surface area contributed by atoms with Crippen LogP contribution in [-0.4, -0.2) is 76.9 Å². The van der Waals surface area contributed by atoms with Crippen LogP contribution >= 0.6 is 0 Å². The van der Waals surface area contributed by atoms with Gasteiger partial charge in [-0.2, -0.15) is 13.2 Å². The Kier molecular flexibility index (Phi) is 7.68. The van der Waals surface area contributed by atoms with Crippen molar-refractivity contribution in [3.8, 4) is 0 Å². The molecule has 0 bridgehead atoms. The summed E-state index contributed by atoms with van der Waals surface area (Å²) in [6, 6.07) is 3.91. The number of hydrogen-bond donors (Lipinski definition) is 2. The molecule has 1 amide bonds. The monoisotopic (exact) mass is 546 g/mol. The predicted molar refractivity (Wildman–Crippen MR) is 139 cm³/mol. The Morgan fingerprint density at radius 2 is 2.05 bits per heavy atom. The Balaban J connectivity index is 1.22. The molecule has 5 rings (SSSR count). The van der Waals surface area contributed by atoms with Gasteiger partial charge in [0.2, 0.25) is 5.91 Å². The van der Waals surface area contributed by atoms with Crippen molar-refractivity contribution in [2.75, 3.05) is 37.7 Å². The second kappa shape index (κ2) is 11.0. The Hall–Kier alpha value is -3.38. The second-order valence-electron chi connectivity index (χ2n) is 10.2. The minimum absolute atomic E-state index is 0.160. The number of fused-ring (bicyclic) bond motifs is 1. The molecule has 9 nitrogen and oxygen atoms in total. The van der Waals surface area contributed by atoms with Crippen LogP contribution < -0.4 is 10.2 Å². The third kappa shape index (κ3) is 5.81. The number of para-hydroxylation sites is 1. The molecule has 2 unspecified atom stereocenters. The zero-order valence-corrected chi connectivity index (χ0v) is 22.1. The molecule has 2 saturated heterocycles. The van der Waals surface area contributed by atoms with Gasteiger partial charge in [-0.1, -0.05) is 17.3 Å². The lowest BCUT2D eigenvalue weighted by molar-refractivity contribution is -0.136. The van der Waals surface area contributed by atoms with Gasteiger partial charge in [-0.05, 0) is 38.8 Å². The minimum Gasteiger partial charge on any atom is -0.371 e. The standard InChI is InChI=1S/C27H33F3N6O3/c1-4-12-38-22-15-36(18-8-10-35(11-9-18)26-16(2)34-39-17(26)3)14-21(22)32-24(37)13-23-31-20-7-5-6-19(25(20)33-23)27(28,29)30/h4-7,18,21-22H,1,8-15H2,2-3H3,(H,31,33)(H,32,37). The first-order chi connectivity index (χ1) is 18.6. The van der Waals surface area contributed by atoms with Gasteiger partial charge in [0.1, 0.15) is 22.7 Å². The molecule has 3 aromatic rings. The van der Waals surface area contributed by atoms with Crippen LogP contribution in [0.3, 0.4) is 0 Å². The van der Waals surface area contributed by atoms with Gasteiger partial charge in [-0.15, -0.1) is 6.58 Å². The number of aromatic amines is 1. The topological polar surface area (TPSA) is 99.5 Å². The van der Waals surface area contributed by atoms with Crippen LogP contribution in [0.25, 0.3) is 11.0 Å². The molecule has 4 heterocycles. The van der Waals surface area contributed by atoms with Crippen LogP contribution in [0.5, 0.6) is 0 Å². The lowest BCUT2D eigenvalue weighted by Crippen LogP contribution is -2.46. The molecule has 0 saturated carbocycles. The lowest BCUT2D eigenvalue weighted by Gasteiger charge is -2.37. The molecule has 2 aliphatic heterocycles. The molecule has 2 aliphatic rings. The SMILES string of the molecule is C=CCOC1CN(C2CCN(c3c(C)noc3C)CC2)CC1NC(=O)Cc1nc2c(C(F)(F)F)cccc2[nH]1. The van der Waals surface area contributed by atoms with E-state index in [0.29, 0.717) is 25.7 Å². The number of nitrogens with zero attached hydrogens (tertiary/aromatic N) is 4. The Bertz CT molecular complexity index is 1310. The number of anilines is 1. The van der Waals surface area contributed by atoms with Crippen molar-refractivity contribution in [2.45, 2.75) is 57.5 Å². The van der Waals surface area contributed by atoms with Gasteiger partial charge in [0.25, 0.3) is 0 Å². The quantitative estimate of drug-likeness (QED) is 0.415. The molecular formula is C27H33F3N6O3. The van der Waals surface area contributed by atoms with Crippen molar-refractivity contribution in [1.29, 1.82) is 0 Å². The summed E-state index contributed by atoms with van der Waals surface area (Å²) in [5.41, 5.74) is 1.20. The molecule has 0 spiro atoms. The Morgan fingerprint density at radius 3 is 2.72 bits per heavy atom. The highest BCUT2D eigenvalue weighted by molar-refractivity contribution is 5.82. The van der Waals surface area contributed by atoms with Gasteiger partial charge in [0, 0.05) is 32.2 Å². The number of aryl methyl sites for hydroxylation is 2. The van der Waals surface area contributed by atoms with Crippen LogP contribution in [0.1, 0.15) is 35.7 Å². The van der Waals surface area contributed by atoms with E-state index in [0.717, 1.165) is 49.1 Å². The summed E-state index contributed by atoms with van der Waals surface area (Å²) in [4.78, 5) is 24.6. The van der Waals surface area contributed by atoms with Crippen molar-refractivity contribution in [3.05, 3.63) is 53.7 Å². The number of halogens is 3. The highest BCUT2D eigenvalue weighted by atomic mass is 19.4. The molecular weight excluding hydrogens is 513 g/mol. The first-order valence-corrected chi connectivity index (χ1v) is 13.1. The zero-order chi connectivity index (χ0) is 27.7. The summed E-state index contributed by atoms with van der Waals surface area (Å²) in [6.45, 7) is 11.0. The van der Waals surface area contributed by atoms with Crippen LogP contribution in [0.4, 0.5) is 18.9 Å². The molecule has 1 aromatic carbocycles. The van der Waals surface area contributed by atoms with Crippen LogP contribution in [0.2, 0.25) is 0 Å². The summed E-state index contributed by atoms with van der Waals surface area (Å²) in [5, 5.41) is 7.11. The molecule has 2 N–H and O–H groups in total. The maximum atomic E-state index is 13.4. The van der Waals surface area contributed by atoms with E-state index in [1.54, 1.807) is 6.08 Å². The summed E-state index contributed by atoms with van der Waals surface area (Å²) < 4.78 is 51.4. The van der Waals surface area contributed by atoms with Gasteiger partial charge in [0.05, 0.1) is 36.3 Å². The van der Waals surface area contributed by atoms with E-state index in [2.05, 4.69) is 36.8 Å². The molecule has 0 aliphatic carbocycles. The smallest absolute Gasteiger partial charge is 0.371 e. The van der Waals surface area contributed by atoms with E-state index in [4.69, 9.17) is 9.26 Å². The number of carbonyl (C=O) groups excluding carboxylic acids is 1. The third-order valence-electron chi connectivity index (χ3n) is 7.56. The fourth-order valence-corrected chi connectivity index (χ4v) is 5.79. The van der Waals surface area contributed by atoms with Crippen LogP contribution in [0, 0.1) is 13.8 Å². The molecule has 0 radical (unpaired) electrons. The summed E-state index contributed by atoms with van der Waals surface area (Å²) in [7, 11) is 0. The fraction of sp³-hybridized carbons (Fsp3) is 0.519. The van der Waals surface area contributed by atoms with Crippen LogP contribution in [-0.2, 0) is 22.1 Å². The lowest BCUT2D eigenvalue weighted by atomic mass is 10.0. The summed E-state index contributed by atoms with van der Waals surface area (Å²) >= 11 is 0. The number of aromatic nitrogens is 3. The third-order valence-corrected chi connectivity index (χ3v) is 7.56. The van der Waals surface area contributed by atoms with Gasteiger partial charge in [-0.3, -0.25) is 9.69 Å². The number of benzene rings is 1. The van der Waals surface area contributed by atoms with E-state index in [-0.39, 0.29) is 41.3 Å². The number of amides is 1. The van der Waals surface area contributed by atoms with E-state index in [1.165, 1.54) is 12.1 Å². The number of alkyl halides is 3. The average molecular weight is 547 g/mol. The maximum absolute atomic E-state index is 13.4. The summed E-state index contributed by atoms with van der Waals surface area (Å²) in [6.07, 6.45) is -1.32. The molecule has 12 heteroatoms. The fourth-order valence-electron chi connectivity index (χ4n) is 5.79. The first kappa shape index (κ1) is 27.2. The minimum atomic E-state index is -4.53. The number of likely N-dealkylation sites (tertiary alicyclic amines) is 1. The van der Waals surface area contributed by atoms with Gasteiger partial charge >= 0.3 is 6.18 Å². The van der Waals surface area contributed by atoms with E-state index in [9.17, 15) is 18.0 Å². The number of rotatable bonds is 8. The van der Waals surface area contributed by atoms with Gasteiger partial charge in [0.15, 0.2) is 5.76 Å². The highest BCUT2D eigenvalue weighted by Crippen LogP contribution is 2.34. The van der Waals surface area contributed by atoms with E-state index in [1.807, 2.05) is 13.8 Å². The number of ether oxygens (including phenoxy) is 1. The van der Waals surface area contributed by atoms with Crippen molar-refractivity contribution < 1.29 is 27.2 Å². The number of hydrogen-bond acceptors (Lipinski definition) is 7. The average Bonchev–Trinajstić information content (AvgIpc) is 3.58. The number of piperidine rings is 1. The maximum Gasteiger partial charge on any atom is 0.418 e. The Morgan fingerprint density at radius 1 is 1.28 bits per heavy atom. The first-order valence-electron chi connectivity index (χ1n) is 13.1. The highest BCUT2D eigenvalue weighted by Gasteiger charge is 2.39. The molecule has 2 atom stereocenters. The second-order valence-corrected chi connectivity index (χ2v) is 10.2. The number of carbonyl (C=O) groups is 1. The van der Waals surface area contributed by atoms with Crippen LogP contribution in [0.15, 0.2) is 35.4 Å². The predicted octanol–water partition coefficient (Wildman–Crippen LogP) is 3.77. The van der Waals surface area contributed by atoms with Crippen molar-refractivity contribution >= 4 is 22.6 Å². The largest absolute Gasteiger partial charge is 0.418 e. The van der Waals surface area contributed by atoms with Crippen molar-refractivity contribution in [1.82, 2.24) is 25.3 Å².